The number of benzene rings is 2. The van der Waals surface area contributed by atoms with Crippen LogP contribution in [0.2, 0.25) is 5.02 Å². The highest BCUT2D eigenvalue weighted by molar-refractivity contribution is 7.99. The van der Waals surface area contributed by atoms with Gasteiger partial charge >= 0.3 is 11.9 Å². The van der Waals surface area contributed by atoms with Crippen LogP contribution in [-0.4, -0.2) is 52.6 Å². The molecule has 0 aliphatic rings. The third-order valence-electron chi connectivity index (χ3n) is 5.32. The Balaban J connectivity index is 1.71. The van der Waals surface area contributed by atoms with Gasteiger partial charge in [-0.15, -0.1) is 10.2 Å². The van der Waals surface area contributed by atoms with Crippen LogP contribution in [0.3, 0.4) is 0 Å². The molecule has 196 valence electrons. The number of hydrogen-bond donors (Lipinski definition) is 1. The fourth-order valence-corrected chi connectivity index (χ4v) is 4.38. The normalized spacial score (nSPS) is 11.5. The molecule has 37 heavy (non-hydrogen) atoms. The van der Waals surface area contributed by atoms with Crippen LogP contribution in [0.25, 0.3) is 0 Å². The molecule has 1 amide bonds. The molecule has 3 aromatic rings. The lowest BCUT2D eigenvalue weighted by Crippen LogP contribution is -2.18. The molecule has 1 unspecified atom stereocenters. The highest BCUT2D eigenvalue weighted by Gasteiger charge is 2.21. The van der Waals surface area contributed by atoms with Crippen molar-refractivity contribution < 1.29 is 28.6 Å². The van der Waals surface area contributed by atoms with E-state index in [0.29, 0.717) is 28.3 Å². The Kier molecular flexibility index (Phi) is 9.54. The van der Waals surface area contributed by atoms with Gasteiger partial charge in [0.2, 0.25) is 5.91 Å². The predicted molar refractivity (Wildman–Crippen MR) is 139 cm³/mol. The fraction of sp³-hybridized carbons (Fsp3) is 0.320. The summed E-state index contributed by atoms with van der Waals surface area (Å²) in [4.78, 5) is 36.8. The summed E-state index contributed by atoms with van der Waals surface area (Å²) in [5.74, 6) is -0.423. The van der Waals surface area contributed by atoms with Gasteiger partial charge in [0.15, 0.2) is 17.1 Å². The number of rotatable bonds is 10. The third kappa shape index (κ3) is 6.80. The highest BCUT2D eigenvalue weighted by Crippen LogP contribution is 2.27. The number of carbonyl (C=O) groups excluding carboxylic acids is 3. The summed E-state index contributed by atoms with van der Waals surface area (Å²) in [6, 6.07) is 9.59. The van der Waals surface area contributed by atoms with E-state index in [4.69, 9.17) is 25.8 Å². The molecule has 0 aliphatic heterocycles. The maximum atomic E-state index is 12.7. The number of carbonyl (C=O) groups is 3. The van der Waals surface area contributed by atoms with Gasteiger partial charge in [-0.1, -0.05) is 23.4 Å². The molecule has 1 heterocycles. The Bertz CT molecular complexity index is 1310. The van der Waals surface area contributed by atoms with E-state index in [9.17, 15) is 14.4 Å². The Morgan fingerprint density at radius 3 is 2.46 bits per heavy atom. The van der Waals surface area contributed by atoms with E-state index in [1.54, 1.807) is 12.1 Å². The standard InChI is InChI=1S/C25H27ClN4O6S/c1-6-30-22(15(3)36-17-8-10-19(26)14(2)11-17)28-29-25(30)37-13-21(31)27-20-12-16(23(32)34-4)7-9-18(20)24(33)35-5/h7-12,15H,6,13H2,1-5H3,(H,27,31). The Hall–Kier alpha value is -3.57. The fourth-order valence-electron chi connectivity index (χ4n) is 3.45. The molecule has 10 nitrogen and oxygen atoms in total. The first-order valence-electron chi connectivity index (χ1n) is 11.3. The molecule has 0 radical (unpaired) electrons. The number of nitrogens with zero attached hydrogens (tertiary/aromatic N) is 3. The molecule has 12 heteroatoms. The zero-order valence-corrected chi connectivity index (χ0v) is 22.6. The van der Waals surface area contributed by atoms with Gasteiger partial charge in [-0.2, -0.15) is 0 Å². The van der Waals surface area contributed by atoms with Gasteiger partial charge in [0.25, 0.3) is 0 Å². The van der Waals surface area contributed by atoms with E-state index >= 15 is 0 Å². The SMILES string of the molecule is CCn1c(SCC(=O)Nc2cc(C(=O)OC)ccc2C(=O)OC)nnc1C(C)Oc1ccc(Cl)c(C)c1. The zero-order chi connectivity index (χ0) is 27.1. The van der Waals surface area contributed by atoms with Crippen molar-refractivity contribution in [1.82, 2.24) is 14.8 Å². The first-order chi connectivity index (χ1) is 17.7. The Morgan fingerprint density at radius 1 is 1.08 bits per heavy atom. The number of esters is 2. The molecule has 1 N–H and O–H groups in total. The molecule has 0 bridgehead atoms. The minimum atomic E-state index is -0.653. The van der Waals surface area contributed by atoms with E-state index in [2.05, 4.69) is 15.5 Å². The van der Waals surface area contributed by atoms with E-state index in [-0.39, 0.29) is 22.6 Å². The van der Waals surface area contributed by atoms with Gasteiger partial charge < -0.3 is 24.1 Å². The van der Waals surface area contributed by atoms with E-state index in [1.807, 2.05) is 31.4 Å². The van der Waals surface area contributed by atoms with Gasteiger partial charge in [0.1, 0.15) is 5.75 Å². The summed E-state index contributed by atoms with van der Waals surface area (Å²) in [6.45, 7) is 6.27. The van der Waals surface area contributed by atoms with Crippen molar-refractivity contribution in [3.63, 3.8) is 0 Å². The van der Waals surface area contributed by atoms with Crippen molar-refractivity contribution in [2.45, 2.75) is 38.6 Å². The molecule has 0 fully saturated rings. The van der Waals surface area contributed by atoms with Crippen LogP contribution in [0.15, 0.2) is 41.6 Å². The molecule has 0 saturated carbocycles. The Morgan fingerprint density at radius 2 is 1.81 bits per heavy atom. The summed E-state index contributed by atoms with van der Waals surface area (Å²) < 4.78 is 17.4. The lowest BCUT2D eigenvalue weighted by Gasteiger charge is -2.16. The zero-order valence-electron chi connectivity index (χ0n) is 21.0. The minimum absolute atomic E-state index is 0.0210. The third-order valence-corrected chi connectivity index (χ3v) is 6.71. The molecule has 2 aromatic carbocycles. The first-order valence-corrected chi connectivity index (χ1v) is 12.6. The van der Waals surface area contributed by atoms with Crippen LogP contribution in [0.5, 0.6) is 5.75 Å². The van der Waals surface area contributed by atoms with Gasteiger partial charge in [-0.05, 0) is 62.7 Å². The van der Waals surface area contributed by atoms with Gasteiger partial charge in [-0.3, -0.25) is 4.79 Å². The molecule has 3 rings (SSSR count). The molecular weight excluding hydrogens is 520 g/mol. The number of amides is 1. The van der Waals surface area contributed by atoms with Crippen LogP contribution in [0.4, 0.5) is 5.69 Å². The lowest BCUT2D eigenvalue weighted by atomic mass is 10.1. The number of anilines is 1. The lowest BCUT2D eigenvalue weighted by molar-refractivity contribution is -0.113. The van der Waals surface area contributed by atoms with Gasteiger partial charge in [0.05, 0.1) is 36.8 Å². The van der Waals surface area contributed by atoms with Crippen molar-refractivity contribution in [1.29, 1.82) is 0 Å². The summed E-state index contributed by atoms with van der Waals surface area (Å²) >= 11 is 7.27. The summed E-state index contributed by atoms with van der Waals surface area (Å²) in [6.07, 6.45) is -0.403. The molecule has 0 aliphatic carbocycles. The van der Waals surface area contributed by atoms with Crippen LogP contribution in [0, 0.1) is 6.92 Å². The first kappa shape index (κ1) is 28.0. The number of methoxy groups -OCH3 is 2. The number of aryl methyl sites for hydroxylation is 1. The largest absolute Gasteiger partial charge is 0.483 e. The van der Waals surface area contributed by atoms with Crippen LogP contribution < -0.4 is 10.1 Å². The average molecular weight is 547 g/mol. The minimum Gasteiger partial charge on any atom is -0.483 e. The van der Waals surface area contributed by atoms with Crippen molar-refractivity contribution in [2.75, 3.05) is 25.3 Å². The molecule has 1 aromatic heterocycles. The molecular formula is C25H27ClN4O6S. The second kappa shape index (κ2) is 12.6. The van der Waals surface area contributed by atoms with Crippen molar-refractivity contribution in [3.05, 3.63) is 63.9 Å². The molecule has 0 spiro atoms. The summed E-state index contributed by atoms with van der Waals surface area (Å²) in [5, 5.41) is 12.4. The second-order valence-electron chi connectivity index (χ2n) is 7.84. The van der Waals surface area contributed by atoms with Crippen LogP contribution in [0.1, 0.15) is 52.1 Å². The topological polar surface area (TPSA) is 122 Å². The van der Waals surface area contributed by atoms with Crippen molar-refractivity contribution in [2.24, 2.45) is 0 Å². The molecule has 0 saturated heterocycles. The van der Waals surface area contributed by atoms with E-state index < -0.39 is 23.9 Å². The monoisotopic (exact) mass is 546 g/mol. The number of hydrogen-bond acceptors (Lipinski definition) is 9. The average Bonchev–Trinajstić information content (AvgIpc) is 3.31. The quantitative estimate of drug-likeness (QED) is 0.284. The maximum Gasteiger partial charge on any atom is 0.339 e. The van der Waals surface area contributed by atoms with Crippen LogP contribution >= 0.6 is 23.4 Å². The van der Waals surface area contributed by atoms with Gasteiger partial charge in [0, 0.05) is 11.6 Å². The van der Waals surface area contributed by atoms with Gasteiger partial charge in [-0.25, -0.2) is 9.59 Å². The number of nitrogens with one attached hydrogen (secondary N) is 1. The number of thioether (sulfide) groups is 1. The van der Waals surface area contributed by atoms with Crippen molar-refractivity contribution >= 4 is 46.9 Å². The highest BCUT2D eigenvalue weighted by atomic mass is 35.5. The number of ether oxygens (including phenoxy) is 3. The van der Waals surface area contributed by atoms with E-state index in [0.717, 1.165) is 5.56 Å². The summed E-state index contributed by atoms with van der Waals surface area (Å²) in [5.41, 5.74) is 1.32. The number of aromatic nitrogens is 3. The maximum absolute atomic E-state index is 12.7. The van der Waals surface area contributed by atoms with E-state index in [1.165, 1.54) is 44.2 Å². The predicted octanol–water partition coefficient (Wildman–Crippen LogP) is 4.70. The van der Waals surface area contributed by atoms with Crippen LogP contribution in [-0.2, 0) is 20.8 Å². The smallest absolute Gasteiger partial charge is 0.339 e. The van der Waals surface area contributed by atoms with Crippen molar-refractivity contribution in [3.8, 4) is 5.75 Å². The Labute approximate surface area is 223 Å². The second-order valence-corrected chi connectivity index (χ2v) is 9.19. The molecule has 1 atom stereocenters. The summed E-state index contributed by atoms with van der Waals surface area (Å²) in [7, 11) is 2.47. The number of halogens is 1.